The lowest BCUT2D eigenvalue weighted by atomic mass is 9.71. The van der Waals surface area contributed by atoms with Crippen LogP contribution in [0.4, 0.5) is 5.69 Å². The summed E-state index contributed by atoms with van der Waals surface area (Å²) in [6.07, 6.45) is 10.2. The molecular formula is C35H49N5O4S. The van der Waals surface area contributed by atoms with Crippen molar-refractivity contribution in [1.82, 2.24) is 18.8 Å². The highest BCUT2D eigenvalue weighted by molar-refractivity contribution is 7.82. The topological polar surface area (TPSA) is 80.1 Å². The number of ether oxygens (including phenoxy) is 2. The van der Waals surface area contributed by atoms with E-state index in [0.29, 0.717) is 18.6 Å². The number of anilines is 1. The van der Waals surface area contributed by atoms with Crippen LogP contribution in [-0.4, -0.2) is 81.9 Å². The molecule has 0 N–H and O–H groups in total. The van der Waals surface area contributed by atoms with E-state index in [9.17, 15) is 9.00 Å². The van der Waals surface area contributed by atoms with Crippen LogP contribution in [0.25, 0.3) is 0 Å². The first-order valence-corrected chi connectivity index (χ1v) is 17.5. The monoisotopic (exact) mass is 635 g/mol. The molecule has 2 unspecified atom stereocenters. The quantitative estimate of drug-likeness (QED) is 0.324. The van der Waals surface area contributed by atoms with Gasteiger partial charge in [-0.25, -0.2) is 8.51 Å². The summed E-state index contributed by atoms with van der Waals surface area (Å²) < 4.78 is 29.8. The van der Waals surface area contributed by atoms with E-state index in [-0.39, 0.29) is 18.6 Å². The molecule has 0 bridgehead atoms. The SMILES string of the molecule is CC.COc1cc(C)c(S(=O)N2CCn3cccc3C2COCC(=O)N2CCC3(CC2)CCN(c2ccncc2)CC3)c(C)c1. The van der Waals surface area contributed by atoms with Crippen LogP contribution in [-0.2, 0) is 27.1 Å². The van der Waals surface area contributed by atoms with Gasteiger partial charge in [0, 0.05) is 69.2 Å². The Labute approximate surface area is 271 Å². The van der Waals surface area contributed by atoms with Crippen molar-refractivity contribution in [2.75, 3.05) is 57.9 Å². The fraction of sp³-hybridized carbons (Fsp3) is 0.543. The molecule has 0 aliphatic carbocycles. The average molecular weight is 636 g/mol. The Bertz CT molecular complexity index is 1420. The molecule has 45 heavy (non-hydrogen) atoms. The first-order valence-electron chi connectivity index (χ1n) is 16.4. The number of nitrogens with zero attached hydrogens (tertiary/aromatic N) is 5. The number of aromatic nitrogens is 2. The number of fused-ring (bicyclic) bond motifs is 1. The summed E-state index contributed by atoms with van der Waals surface area (Å²) in [4.78, 5) is 22.6. The molecule has 2 atom stereocenters. The van der Waals surface area contributed by atoms with E-state index >= 15 is 0 Å². The predicted octanol–water partition coefficient (Wildman–Crippen LogP) is 5.54. The molecule has 9 nitrogen and oxygen atoms in total. The van der Waals surface area contributed by atoms with E-state index in [1.807, 2.05) is 67.5 Å². The summed E-state index contributed by atoms with van der Waals surface area (Å²) in [6, 6.07) is 11.9. The molecule has 6 rings (SSSR count). The second-order valence-electron chi connectivity index (χ2n) is 12.2. The third-order valence-corrected chi connectivity index (χ3v) is 11.6. The second kappa shape index (κ2) is 14.9. The van der Waals surface area contributed by atoms with Gasteiger partial charge in [-0.2, -0.15) is 0 Å². The molecule has 10 heteroatoms. The molecule has 3 aliphatic heterocycles. The molecule has 5 heterocycles. The van der Waals surface area contributed by atoms with E-state index in [0.717, 1.165) is 85.9 Å². The zero-order chi connectivity index (χ0) is 32.0. The Kier molecular flexibility index (Phi) is 11.0. The number of aryl methyl sites for hydroxylation is 2. The maximum atomic E-state index is 14.0. The average Bonchev–Trinajstić information content (AvgIpc) is 3.56. The highest BCUT2D eigenvalue weighted by Crippen LogP contribution is 2.42. The van der Waals surface area contributed by atoms with Gasteiger partial charge in [0.15, 0.2) is 0 Å². The molecular weight excluding hydrogens is 586 g/mol. The minimum absolute atomic E-state index is 0.0428. The maximum Gasteiger partial charge on any atom is 0.248 e. The molecule has 3 aromatic rings. The number of rotatable bonds is 8. The van der Waals surface area contributed by atoms with Gasteiger partial charge in [-0.1, -0.05) is 13.8 Å². The van der Waals surface area contributed by atoms with Crippen LogP contribution in [0.5, 0.6) is 5.75 Å². The largest absolute Gasteiger partial charge is 0.497 e. The van der Waals surface area contributed by atoms with Crippen molar-refractivity contribution in [2.45, 2.75) is 70.9 Å². The van der Waals surface area contributed by atoms with Gasteiger partial charge >= 0.3 is 0 Å². The van der Waals surface area contributed by atoms with Gasteiger partial charge in [0.25, 0.3) is 0 Å². The van der Waals surface area contributed by atoms with Crippen LogP contribution in [0.3, 0.4) is 0 Å². The zero-order valence-corrected chi connectivity index (χ0v) is 28.4. The van der Waals surface area contributed by atoms with E-state index in [4.69, 9.17) is 9.47 Å². The van der Waals surface area contributed by atoms with E-state index in [2.05, 4.69) is 38.8 Å². The van der Waals surface area contributed by atoms with Gasteiger partial charge in [-0.05, 0) is 92.5 Å². The number of hydrogen-bond acceptors (Lipinski definition) is 6. The van der Waals surface area contributed by atoms with Crippen LogP contribution in [0.15, 0.2) is 59.9 Å². The third kappa shape index (κ3) is 7.28. The van der Waals surface area contributed by atoms with E-state index in [1.54, 1.807) is 7.11 Å². The lowest BCUT2D eigenvalue weighted by molar-refractivity contribution is -0.139. The third-order valence-electron chi connectivity index (χ3n) is 9.70. The molecule has 0 radical (unpaired) electrons. The minimum atomic E-state index is -1.38. The summed E-state index contributed by atoms with van der Waals surface area (Å²) in [7, 11) is 0.265. The highest BCUT2D eigenvalue weighted by Gasteiger charge is 2.39. The van der Waals surface area contributed by atoms with Gasteiger partial charge in [-0.15, -0.1) is 0 Å². The molecule has 1 spiro atoms. The number of benzene rings is 1. The fourth-order valence-corrected chi connectivity index (χ4v) is 8.66. The summed E-state index contributed by atoms with van der Waals surface area (Å²) in [5.41, 5.74) is 4.52. The van der Waals surface area contributed by atoms with Crippen LogP contribution in [0.1, 0.15) is 62.4 Å². The van der Waals surface area contributed by atoms with Crippen LogP contribution in [0, 0.1) is 19.3 Å². The van der Waals surface area contributed by atoms with Crippen molar-refractivity contribution < 1.29 is 18.5 Å². The molecule has 244 valence electrons. The minimum Gasteiger partial charge on any atom is -0.497 e. The number of carbonyl (C=O) groups is 1. The Morgan fingerprint density at radius 1 is 0.956 bits per heavy atom. The lowest BCUT2D eigenvalue weighted by Gasteiger charge is -2.47. The van der Waals surface area contributed by atoms with E-state index in [1.165, 1.54) is 5.69 Å². The molecule has 1 aromatic carbocycles. The maximum absolute atomic E-state index is 14.0. The first-order chi connectivity index (χ1) is 21.9. The van der Waals surface area contributed by atoms with Crippen molar-refractivity contribution >= 4 is 22.6 Å². The summed E-state index contributed by atoms with van der Waals surface area (Å²) in [5.74, 6) is 0.811. The van der Waals surface area contributed by atoms with Crippen LogP contribution in [0.2, 0.25) is 0 Å². The van der Waals surface area contributed by atoms with Crippen molar-refractivity contribution in [3.8, 4) is 5.75 Å². The molecule has 1 amide bonds. The Balaban J connectivity index is 0.00000196. The number of hydrogen-bond donors (Lipinski definition) is 0. The molecule has 2 fully saturated rings. The van der Waals surface area contributed by atoms with Crippen molar-refractivity contribution in [2.24, 2.45) is 5.41 Å². The summed E-state index contributed by atoms with van der Waals surface area (Å²) >= 11 is 0. The van der Waals surface area contributed by atoms with Gasteiger partial charge < -0.3 is 23.8 Å². The Hall–Kier alpha value is -3.21. The molecule has 3 aliphatic rings. The second-order valence-corrected chi connectivity index (χ2v) is 13.6. The van der Waals surface area contributed by atoms with Gasteiger partial charge in [-0.3, -0.25) is 9.78 Å². The normalized spacial score (nSPS) is 20.2. The van der Waals surface area contributed by atoms with E-state index < -0.39 is 11.0 Å². The first kappa shape index (κ1) is 33.2. The van der Waals surface area contributed by atoms with Gasteiger partial charge in [0.1, 0.15) is 23.3 Å². The number of methoxy groups -OCH3 is 1. The van der Waals surface area contributed by atoms with Gasteiger partial charge in [0.05, 0.1) is 24.7 Å². The highest BCUT2D eigenvalue weighted by atomic mass is 32.2. The number of carbonyl (C=O) groups excluding carboxylic acids is 1. The van der Waals surface area contributed by atoms with Crippen molar-refractivity contribution in [3.63, 3.8) is 0 Å². The fourth-order valence-electron chi connectivity index (χ4n) is 7.10. The molecule has 0 saturated carbocycles. The smallest absolute Gasteiger partial charge is 0.248 e. The van der Waals surface area contributed by atoms with Crippen LogP contribution < -0.4 is 9.64 Å². The van der Waals surface area contributed by atoms with Crippen molar-refractivity contribution in [1.29, 1.82) is 0 Å². The summed E-state index contributed by atoms with van der Waals surface area (Å²) in [5, 5.41) is 0. The standard InChI is InChI=1S/C33H43N5O4S.C2H6/c1-25-21-28(41-3)22-26(2)32(25)43(40)38-20-19-36-14-4-5-29(36)30(38)23-42-24-31(39)37-17-10-33(11-18-37)8-15-35(16-9-33)27-6-12-34-13-7-27;1-2/h4-7,12-14,21-22,30H,8-11,15-20,23-24H2,1-3H3;1-2H3. The number of piperidine rings is 2. The zero-order valence-electron chi connectivity index (χ0n) is 27.5. The molecule has 2 aromatic heterocycles. The predicted molar refractivity (Wildman–Crippen MR) is 179 cm³/mol. The lowest BCUT2D eigenvalue weighted by Crippen LogP contribution is -2.49. The molecule has 2 saturated heterocycles. The Morgan fingerprint density at radius 3 is 2.24 bits per heavy atom. The number of likely N-dealkylation sites (tertiary alicyclic amines) is 1. The van der Waals surface area contributed by atoms with Crippen molar-refractivity contribution in [3.05, 3.63) is 71.8 Å². The van der Waals surface area contributed by atoms with Crippen LogP contribution >= 0.6 is 0 Å². The summed E-state index contributed by atoms with van der Waals surface area (Å²) in [6.45, 7) is 13.4. The van der Waals surface area contributed by atoms with Gasteiger partial charge in [0.2, 0.25) is 5.91 Å². The Morgan fingerprint density at radius 2 is 1.60 bits per heavy atom. The number of amides is 1. The number of pyridine rings is 1.